The van der Waals surface area contributed by atoms with Crippen molar-refractivity contribution in [2.75, 3.05) is 28.1 Å². The number of hydrogen-bond donors (Lipinski definition) is 2. The van der Waals surface area contributed by atoms with Gasteiger partial charge in [0.1, 0.15) is 43.5 Å². The molecule has 0 aliphatic carbocycles. The predicted octanol–water partition coefficient (Wildman–Crippen LogP) is 9.19. The van der Waals surface area contributed by atoms with Gasteiger partial charge in [-0.2, -0.15) is 13.4 Å². The van der Waals surface area contributed by atoms with Crippen molar-refractivity contribution in [3.05, 3.63) is 208 Å². The third-order valence-electron chi connectivity index (χ3n) is 12.5. The van der Waals surface area contributed by atoms with Crippen molar-refractivity contribution in [1.82, 2.24) is 18.8 Å². The van der Waals surface area contributed by atoms with E-state index >= 15 is 4.39 Å². The van der Waals surface area contributed by atoms with Gasteiger partial charge in [-0.3, -0.25) is 18.7 Å². The number of halogens is 1. The van der Waals surface area contributed by atoms with Gasteiger partial charge in [0.2, 0.25) is 17.7 Å². The van der Waals surface area contributed by atoms with Crippen LogP contribution in [0.25, 0.3) is 27.5 Å². The van der Waals surface area contributed by atoms with Gasteiger partial charge in [0.05, 0.1) is 17.5 Å². The van der Waals surface area contributed by atoms with Crippen LogP contribution in [0.1, 0.15) is 27.8 Å². The summed E-state index contributed by atoms with van der Waals surface area (Å²) in [5.74, 6) is -1.52. The quantitative estimate of drug-likeness (QED) is 0.0953. The number of nitrogens with one attached hydrogen (secondary N) is 2. The molecule has 1 saturated heterocycles. The highest BCUT2D eigenvalue weighted by atomic mass is 32.2. The van der Waals surface area contributed by atoms with Crippen molar-refractivity contribution < 1.29 is 36.6 Å². The van der Waals surface area contributed by atoms with Crippen LogP contribution < -0.4 is 39.1 Å². The molecule has 1 aliphatic rings. The Hall–Kier alpha value is -8.96. The van der Waals surface area contributed by atoms with Crippen LogP contribution in [0.15, 0.2) is 169 Å². The maximum Gasteiger partial charge on any atom is 0.333 e. The Morgan fingerprint density at radius 2 is 1.40 bits per heavy atom. The molecule has 0 bridgehead atoms. The molecule has 1 aliphatic heterocycles. The minimum absolute atomic E-state index is 0.00306. The minimum Gasteiger partial charge on any atom is -0.487 e. The van der Waals surface area contributed by atoms with Gasteiger partial charge in [0, 0.05) is 42.6 Å². The van der Waals surface area contributed by atoms with Crippen LogP contribution >= 0.6 is 0 Å². The third kappa shape index (κ3) is 10.0. The number of fused-ring (bicyclic) bond motifs is 2. The molecule has 2 aromatic heterocycles. The van der Waals surface area contributed by atoms with Crippen molar-refractivity contribution in [3.8, 4) is 23.2 Å². The maximum atomic E-state index is 16.4. The molecule has 7 aromatic carbocycles. The lowest BCUT2D eigenvalue weighted by molar-refractivity contribution is -0.117. The average Bonchev–Trinajstić information content (AvgIpc) is 3.81. The summed E-state index contributed by atoms with van der Waals surface area (Å²) in [5.41, 5.74) is 7.52. The second kappa shape index (κ2) is 20.0. The first kappa shape index (κ1) is 47.7. The molecule has 368 valence electrons. The Morgan fingerprint density at radius 1 is 0.740 bits per heavy atom. The van der Waals surface area contributed by atoms with Gasteiger partial charge in [-0.1, -0.05) is 103 Å². The number of rotatable bonds is 16. The number of aromatic nitrogens is 3. The number of anilines is 4. The van der Waals surface area contributed by atoms with E-state index in [0.29, 0.717) is 44.6 Å². The standard InChI is InChI=1S/C56H48FN7O8S/c1-36-27-40(28-50(65)58-42-20-22-44-41(29-42)30-49(70-33-37-13-7-4-8-14-37)54(53(44)57)63-32-51(66)60-73(63,68)69)19-23-45(36)61(2)43-21-24-46-48(31-43)62(3)56(67)64(46)47-25-26-52(71-34-38-15-9-5-10-16-38)59-55(47)72-35-39-17-11-6-12-18-39/h4-27,29-31H,28,32-35H2,1-3H3,(H,58,65)(H,60,66). The van der Waals surface area contributed by atoms with Crippen molar-refractivity contribution in [1.29, 1.82) is 0 Å². The third-order valence-corrected chi connectivity index (χ3v) is 13.9. The number of nitrogens with zero attached hydrogens (tertiary/aromatic N) is 5. The molecule has 17 heteroatoms. The summed E-state index contributed by atoms with van der Waals surface area (Å²) < 4.78 is 66.2. The highest BCUT2D eigenvalue weighted by Gasteiger charge is 2.38. The molecule has 0 saturated carbocycles. The molecule has 0 radical (unpaired) electrons. The molecule has 9 aromatic rings. The Bertz CT molecular complexity index is 3740. The van der Waals surface area contributed by atoms with E-state index in [1.807, 2.05) is 151 Å². The Balaban J connectivity index is 0.865. The zero-order valence-corrected chi connectivity index (χ0v) is 40.7. The Labute approximate surface area is 419 Å². The molecular weight excluding hydrogens is 950 g/mol. The molecular formula is C56H48FN7O8S. The highest BCUT2D eigenvalue weighted by Crippen LogP contribution is 2.41. The van der Waals surface area contributed by atoms with E-state index in [-0.39, 0.29) is 48.2 Å². The van der Waals surface area contributed by atoms with Crippen molar-refractivity contribution in [2.24, 2.45) is 7.05 Å². The molecule has 0 spiro atoms. The fraction of sp³-hybridized carbons (Fsp3) is 0.143. The molecule has 15 nitrogen and oxygen atoms in total. The normalized spacial score (nSPS) is 13.0. The van der Waals surface area contributed by atoms with Gasteiger partial charge in [-0.25, -0.2) is 18.2 Å². The van der Waals surface area contributed by atoms with Gasteiger partial charge in [0.25, 0.3) is 5.91 Å². The Kier molecular flexibility index (Phi) is 13.1. The molecule has 73 heavy (non-hydrogen) atoms. The second-order valence-electron chi connectivity index (χ2n) is 17.6. The van der Waals surface area contributed by atoms with E-state index in [4.69, 9.17) is 19.2 Å². The summed E-state index contributed by atoms with van der Waals surface area (Å²) in [7, 11) is -0.710. The fourth-order valence-electron chi connectivity index (χ4n) is 8.86. The summed E-state index contributed by atoms with van der Waals surface area (Å²) in [6.45, 7) is 1.88. The molecule has 2 N–H and O–H groups in total. The maximum absolute atomic E-state index is 16.4. The summed E-state index contributed by atoms with van der Waals surface area (Å²) in [5, 5.41) is 3.30. The SMILES string of the molecule is Cc1cc(CC(=O)Nc2ccc3c(F)c(N4CC(=O)NS4(=O)=O)c(OCc4ccccc4)cc3c2)ccc1N(C)c1ccc2c(c1)n(C)c(=O)n2-c1ccc(OCc2ccccc2)nc1OCc1ccccc1. The minimum atomic E-state index is -4.37. The van der Waals surface area contributed by atoms with Crippen LogP contribution in [0, 0.1) is 12.7 Å². The van der Waals surface area contributed by atoms with Crippen LogP contribution in [0.4, 0.5) is 27.1 Å². The van der Waals surface area contributed by atoms with E-state index in [0.717, 1.165) is 39.2 Å². The lowest BCUT2D eigenvalue weighted by Gasteiger charge is -2.22. The second-order valence-corrected chi connectivity index (χ2v) is 19.2. The van der Waals surface area contributed by atoms with Crippen molar-refractivity contribution in [2.45, 2.75) is 33.2 Å². The van der Waals surface area contributed by atoms with E-state index in [1.54, 1.807) is 34.4 Å². The molecule has 3 heterocycles. The van der Waals surface area contributed by atoms with Crippen LogP contribution in [0.3, 0.4) is 0 Å². The van der Waals surface area contributed by atoms with E-state index in [9.17, 15) is 22.8 Å². The van der Waals surface area contributed by atoms with Crippen LogP contribution in [0.2, 0.25) is 0 Å². The summed E-state index contributed by atoms with van der Waals surface area (Å²) >= 11 is 0. The molecule has 2 amide bonds. The molecule has 0 atom stereocenters. The lowest BCUT2D eigenvalue weighted by Crippen LogP contribution is -2.30. The zero-order chi connectivity index (χ0) is 50.8. The largest absolute Gasteiger partial charge is 0.487 e. The molecule has 1 fully saturated rings. The summed E-state index contributed by atoms with van der Waals surface area (Å²) in [4.78, 5) is 46.5. The highest BCUT2D eigenvalue weighted by molar-refractivity contribution is 7.92. The first-order valence-corrected chi connectivity index (χ1v) is 24.7. The lowest BCUT2D eigenvalue weighted by atomic mass is 10.0. The van der Waals surface area contributed by atoms with E-state index in [2.05, 4.69) is 5.32 Å². The number of imidazole rings is 1. The number of pyridine rings is 1. The number of benzene rings is 7. The van der Waals surface area contributed by atoms with Crippen LogP contribution in [-0.2, 0) is 53.1 Å². The topological polar surface area (TPSA) is 166 Å². The number of carbonyl (C=O) groups excluding carboxylic acids is 2. The van der Waals surface area contributed by atoms with Gasteiger partial charge in [-0.05, 0) is 94.7 Å². The number of amides is 2. The number of carbonyl (C=O) groups is 2. The van der Waals surface area contributed by atoms with Gasteiger partial charge >= 0.3 is 15.9 Å². The monoisotopic (exact) mass is 997 g/mol. The first-order chi connectivity index (χ1) is 35.3. The summed E-state index contributed by atoms with van der Waals surface area (Å²) in [6.07, 6.45) is 0.0308. The smallest absolute Gasteiger partial charge is 0.333 e. The summed E-state index contributed by atoms with van der Waals surface area (Å²) in [6, 6.07) is 49.7. The van der Waals surface area contributed by atoms with Crippen molar-refractivity contribution in [3.63, 3.8) is 0 Å². The van der Waals surface area contributed by atoms with Crippen molar-refractivity contribution >= 4 is 66.6 Å². The van der Waals surface area contributed by atoms with Gasteiger partial charge in [-0.15, -0.1) is 0 Å². The Morgan fingerprint density at radius 3 is 2.04 bits per heavy atom. The van der Waals surface area contributed by atoms with Crippen LogP contribution in [0.5, 0.6) is 17.5 Å². The number of aryl methyl sites for hydroxylation is 2. The van der Waals surface area contributed by atoms with Gasteiger partial charge in [0.15, 0.2) is 5.82 Å². The molecule has 0 unspecified atom stereocenters. The fourth-order valence-corrected chi connectivity index (χ4v) is 10.0. The zero-order valence-electron chi connectivity index (χ0n) is 39.9. The van der Waals surface area contributed by atoms with E-state index < -0.39 is 34.2 Å². The van der Waals surface area contributed by atoms with E-state index in [1.165, 1.54) is 18.2 Å². The number of ether oxygens (including phenoxy) is 3. The first-order valence-electron chi connectivity index (χ1n) is 23.3. The van der Waals surface area contributed by atoms with Gasteiger partial charge < -0.3 is 24.4 Å². The molecule has 10 rings (SSSR count). The average molecular weight is 998 g/mol. The van der Waals surface area contributed by atoms with Crippen LogP contribution in [-0.4, -0.2) is 47.9 Å². The number of hydrogen-bond acceptors (Lipinski definition) is 10. The predicted molar refractivity (Wildman–Crippen MR) is 279 cm³/mol.